The lowest BCUT2D eigenvalue weighted by molar-refractivity contribution is 0.398. The minimum Gasteiger partial charge on any atom is -0.0799 e. The molecule has 0 radical (unpaired) electrons. The maximum absolute atomic E-state index is 2.41. The zero-order valence-corrected chi connectivity index (χ0v) is 13.5. The van der Waals surface area contributed by atoms with Crippen LogP contribution >= 0.6 is 0 Å². The van der Waals surface area contributed by atoms with E-state index in [1.54, 1.807) is 0 Å². The van der Waals surface area contributed by atoms with Gasteiger partial charge in [0.05, 0.1) is 0 Å². The van der Waals surface area contributed by atoms with Gasteiger partial charge in [0.1, 0.15) is 0 Å². The molecule has 0 saturated heterocycles. The molecule has 4 atom stereocenters. The van der Waals surface area contributed by atoms with E-state index in [0.717, 1.165) is 0 Å². The number of allylic oxidation sites excluding steroid dienone is 8. The first-order valence-electron chi connectivity index (χ1n) is 8.82. The number of hydrogen-bond donors (Lipinski definition) is 0. The molecule has 5 rings (SSSR count). The lowest BCUT2D eigenvalue weighted by Crippen LogP contribution is -2.27. The lowest BCUT2D eigenvalue weighted by atomic mass is 9.64. The Labute approximate surface area is 143 Å². The Bertz CT molecular complexity index is 818. The van der Waals surface area contributed by atoms with Gasteiger partial charge in [0.25, 0.3) is 0 Å². The second kappa shape index (κ2) is 5.49. The van der Waals surface area contributed by atoms with Crippen molar-refractivity contribution in [1.29, 1.82) is 0 Å². The predicted octanol–water partition coefficient (Wildman–Crippen LogP) is 6.02. The van der Waals surface area contributed by atoms with Crippen LogP contribution in [0.5, 0.6) is 0 Å². The Morgan fingerprint density at radius 1 is 0.458 bits per heavy atom. The Morgan fingerprint density at radius 2 is 0.875 bits per heavy atom. The molecule has 0 fully saturated rings. The summed E-state index contributed by atoms with van der Waals surface area (Å²) < 4.78 is 0. The van der Waals surface area contributed by atoms with Crippen molar-refractivity contribution in [3.8, 4) is 11.1 Å². The van der Waals surface area contributed by atoms with Crippen molar-refractivity contribution in [3.05, 3.63) is 108 Å². The monoisotopic (exact) mass is 308 g/mol. The number of rotatable bonds is 0. The van der Waals surface area contributed by atoms with Crippen LogP contribution in [0, 0.1) is 11.8 Å². The normalized spacial score (nSPS) is 29.0. The van der Waals surface area contributed by atoms with Crippen molar-refractivity contribution >= 4 is 0 Å². The van der Waals surface area contributed by atoms with Crippen LogP contribution < -0.4 is 0 Å². The van der Waals surface area contributed by atoms with Gasteiger partial charge in [-0.05, 0) is 34.1 Å². The fourth-order valence-electron chi connectivity index (χ4n) is 4.67. The summed E-state index contributed by atoms with van der Waals surface area (Å²) >= 11 is 0. The zero-order valence-electron chi connectivity index (χ0n) is 13.5. The van der Waals surface area contributed by atoms with E-state index in [0.29, 0.717) is 23.7 Å². The van der Waals surface area contributed by atoms with Crippen LogP contribution in [0.3, 0.4) is 0 Å². The first-order valence-corrected chi connectivity index (χ1v) is 8.82. The van der Waals surface area contributed by atoms with Crippen molar-refractivity contribution in [2.75, 3.05) is 0 Å². The molecule has 0 saturated carbocycles. The van der Waals surface area contributed by atoms with Crippen LogP contribution in [0.2, 0.25) is 0 Å². The molecule has 0 spiro atoms. The minimum atomic E-state index is 0.447. The molecule has 0 heterocycles. The molecule has 2 aromatic carbocycles. The fourth-order valence-corrected chi connectivity index (χ4v) is 4.67. The molecule has 2 aromatic rings. The summed E-state index contributed by atoms with van der Waals surface area (Å²) in [6, 6.07) is 17.9. The molecule has 24 heavy (non-hydrogen) atoms. The van der Waals surface area contributed by atoms with Gasteiger partial charge in [-0.25, -0.2) is 0 Å². The smallest absolute Gasteiger partial charge is 0.00961 e. The van der Waals surface area contributed by atoms with Crippen molar-refractivity contribution in [1.82, 2.24) is 0 Å². The van der Waals surface area contributed by atoms with E-state index in [-0.39, 0.29) is 0 Å². The number of benzene rings is 2. The highest BCUT2D eigenvalue weighted by Crippen LogP contribution is 2.50. The molecule has 0 aromatic heterocycles. The minimum absolute atomic E-state index is 0.447. The summed E-state index contributed by atoms with van der Waals surface area (Å²) in [5.74, 6) is 1.91. The molecule has 0 nitrogen and oxygen atoms in total. The molecule has 116 valence electrons. The molecule has 3 aliphatic rings. The van der Waals surface area contributed by atoms with Gasteiger partial charge in [-0.15, -0.1) is 0 Å². The van der Waals surface area contributed by atoms with Gasteiger partial charge in [-0.1, -0.05) is 97.1 Å². The molecule has 4 unspecified atom stereocenters. The van der Waals surface area contributed by atoms with E-state index in [1.807, 2.05) is 0 Å². The quantitative estimate of drug-likeness (QED) is 0.558. The first kappa shape index (κ1) is 13.8. The third kappa shape index (κ3) is 1.99. The van der Waals surface area contributed by atoms with Gasteiger partial charge >= 0.3 is 0 Å². The van der Waals surface area contributed by atoms with Gasteiger partial charge in [0, 0.05) is 11.8 Å². The SMILES string of the molecule is C1=CC2c3ccccc3-c3ccccc3C3C=CC=CC3C2C=C1. The molecule has 3 aliphatic carbocycles. The van der Waals surface area contributed by atoms with Crippen molar-refractivity contribution in [3.63, 3.8) is 0 Å². The van der Waals surface area contributed by atoms with E-state index < -0.39 is 0 Å². The van der Waals surface area contributed by atoms with Crippen molar-refractivity contribution < 1.29 is 0 Å². The standard InChI is InChI=1S/C24H20/c1-2-10-18-17(9-1)19-11-3-4-13-21(19)23-15-7-8-16-24(23)22-14-6-5-12-20(18)22/h1-19,21H. The topological polar surface area (TPSA) is 0 Å². The molecule has 0 heteroatoms. The predicted molar refractivity (Wildman–Crippen MR) is 101 cm³/mol. The van der Waals surface area contributed by atoms with E-state index in [4.69, 9.17) is 0 Å². The number of fused-ring (bicyclic) bond motifs is 8. The first-order chi connectivity index (χ1) is 11.9. The van der Waals surface area contributed by atoms with Crippen LogP contribution in [0.1, 0.15) is 23.0 Å². The highest BCUT2D eigenvalue weighted by Gasteiger charge is 2.36. The average Bonchev–Trinajstić information content (AvgIpc) is 2.67. The summed E-state index contributed by atoms with van der Waals surface area (Å²) in [4.78, 5) is 0. The summed E-state index contributed by atoms with van der Waals surface area (Å²) in [6.07, 6.45) is 18.5. The Kier molecular flexibility index (Phi) is 3.16. The van der Waals surface area contributed by atoms with Crippen molar-refractivity contribution in [2.24, 2.45) is 11.8 Å². The second-order valence-electron chi connectivity index (χ2n) is 6.92. The van der Waals surface area contributed by atoms with Crippen LogP contribution in [-0.4, -0.2) is 0 Å². The molecular formula is C24H20. The maximum atomic E-state index is 2.41. The van der Waals surface area contributed by atoms with Gasteiger partial charge in [0.2, 0.25) is 0 Å². The molecular weight excluding hydrogens is 288 g/mol. The highest BCUT2D eigenvalue weighted by atomic mass is 14.4. The molecule has 0 aliphatic heterocycles. The molecule has 0 N–H and O–H groups in total. The van der Waals surface area contributed by atoms with Gasteiger partial charge < -0.3 is 0 Å². The fraction of sp³-hybridized carbons (Fsp3) is 0.167. The largest absolute Gasteiger partial charge is 0.0799 e. The van der Waals surface area contributed by atoms with Crippen LogP contribution in [-0.2, 0) is 0 Å². The van der Waals surface area contributed by atoms with E-state index >= 15 is 0 Å². The van der Waals surface area contributed by atoms with Crippen LogP contribution in [0.4, 0.5) is 0 Å². The zero-order chi connectivity index (χ0) is 15.9. The van der Waals surface area contributed by atoms with Gasteiger partial charge in [0.15, 0.2) is 0 Å². The van der Waals surface area contributed by atoms with Crippen molar-refractivity contribution in [2.45, 2.75) is 11.8 Å². The van der Waals surface area contributed by atoms with Gasteiger partial charge in [-0.2, -0.15) is 0 Å². The van der Waals surface area contributed by atoms with E-state index in [1.165, 1.54) is 22.3 Å². The average molecular weight is 308 g/mol. The van der Waals surface area contributed by atoms with Gasteiger partial charge in [-0.3, -0.25) is 0 Å². The van der Waals surface area contributed by atoms with E-state index in [9.17, 15) is 0 Å². The third-order valence-electron chi connectivity index (χ3n) is 5.73. The second-order valence-corrected chi connectivity index (χ2v) is 6.92. The summed E-state index contributed by atoms with van der Waals surface area (Å²) in [6.45, 7) is 0. The summed E-state index contributed by atoms with van der Waals surface area (Å²) in [5, 5.41) is 0. The summed E-state index contributed by atoms with van der Waals surface area (Å²) in [5.41, 5.74) is 5.70. The van der Waals surface area contributed by atoms with Crippen LogP contribution in [0.25, 0.3) is 11.1 Å². The van der Waals surface area contributed by atoms with Crippen LogP contribution in [0.15, 0.2) is 97.1 Å². The van der Waals surface area contributed by atoms with E-state index in [2.05, 4.69) is 97.1 Å². The highest BCUT2D eigenvalue weighted by molar-refractivity contribution is 5.74. The third-order valence-corrected chi connectivity index (χ3v) is 5.73. The number of hydrogen-bond acceptors (Lipinski definition) is 0. The Balaban J connectivity index is 1.83. The molecule has 0 amide bonds. The summed E-state index contributed by atoms with van der Waals surface area (Å²) in [7, 11) is 0. The lowest BCUT2D eigenvalue weighted by Gasteiger charge is -2.39. The Hall–Kier alpha value is -2.60. The Morgan fingerprint density at radius 3 is 1.38 bits per heavy atom. The molecule has 0 bridgehead atoms. The maximum Gasteiger partial charge on any atom is 0.00961 e.